The van der Waals surface area contributed by atoms with E-state index in [-0.39, 0.29) is 30.8 Å². The molecule has 3 heterocycles. The molecule has 0 spiro atoms. The lowest BCUT2D eigenvalue weighted by atomic mass is 10.1. The SMILES string of the molecule is N#Cc1c(SCC(=O)N[C@H]2CON(C3(C(=O)O)CCC(=O)O3)C2=O)s[nH]c1=O. The molecule has 2 saturated heterocycles. The van der Waals surface area contributed by atoms with Crippen molar-refractivity contribution >= 4 is 47.0 Å². The quantitative estimate of drug-likeness (QED) is 0.367. The molecule has 2 atom stereocenters. The summed E-state index contributed by atoms with van der Waals surface area (Å²) >= 11 is 1.85. The summed E-state index contributed by atoms with van der Waals surface area (Å²) in [5.74, 6) is -3.97. The predicted molar refractivity (Wildman–Crippen MR) is 90.8 cm³/mol. The molecule has 1 aromatic heterocycles. The fourth-order valence-electron chi connectivity index (χ4n) is 2.61. The van der Waals surface area contributed by atoms with Gasteiger partial charge in [0.05, 0.1) is 12.2 Å². The highest BCUT2D eigenvalue weighted by Gasteiger charge is 2.59. The molecule has 0 saturated carbocycles. The number of hydrogen-bond donors (Lipinski definition) is 3. The van der Waals surface area contributed by atoms with E-state index in [9.17, 15) is 29.1 Å². The van der Waals surface area contributed by atoms with Crippen LogP contribution in [0.25, 0.3) is 0 Å². The third-order valence-corrected chi connectivity index (χ3v) is 6.08. The molecule has 2 aliphatic heterocycles. The number of carbonyl (C=O) groups is 4. The Morgan fingerprint density at radius 3 is 2.82 bits per heavy atom. The Kier molecular flexibility index (Phi) is 5.40. The van der Waals surface area contributed by atoms with Crippen molar-refractivity contribution in [2.24, 2.45) is 0 Å². The summed E-state index contributed by atoms with van der Waals surface area (Å²) in [5.41, 5.74) is -2.89. The molecule has 1 unspecified atom stereocenters. The van der Waals surface area contributed by atoms with Crippen LogP contribution >= 0.6 is 23.3 Å². The third-order valence-electron chi connectivity index (χ3n) is 3.93. The lowest BCUT2D eigenvalue weighted by molar-refractivity contribution is -0.256. The molecule has 3 N–H and O–H groups in total. The smallest absolute Gasteiger partial charge is 0.372 e. The summed E-state index contributed by atoms with van der Waals surface area (Å²) in [7, 11) is 0. The highest BCUT2D eigenvalue weighted by molar-refractivity contribution is 8.01. The molecule has 2 fully saturated rings. The Morgan fingerprint density at radius 2 is 2.21 bits per heavy atom. The molecular formula is C14H12N4O8S2. The second kappa shape index (κ2) is 7.62. The van der Waals surface area contributed by atoms with Gasteiger partial charge in [0, 0.05) is 6.42 Å². The summed E-state index contributed by atoms with van der Waals surface area (Å²) in [6, 6.07) is 0.577. The van der Waals surface area contributed by atoms with E-state index in [1.165, 1.54) is 0 Å². The Balaban J connectivity index is 1.61. The first-order valence-electron chi connectivity index (χ1n) is 7.74. The molecule has 12 nitrogen and oxygen atoms in total. The van der Waals surface area contributed by atoms with Gasteiger partial charge in [-0.3, -0.25) is 28.4 Å². The van der Waals surface area contributed by atoms with Crippen molar-refractivity contribution in [1.29, 1.82) is 5.26 Å². The standard InChI is InChI=1S/C14H12N4O8S2/c15-3-6-10(21)17-28-12(6)27-5-8(19)16-7-4-25-18(11(7)22)14(13(23)24)2-1-9(20)26-14/h7H,1-2,4-5H2,(H,16,19)(H,17,21)(H,23,24)/t7-,14?/m0/s1. The van der Waals surface area contributed by atoms with Crippen molar-refractivity contribution in [1.82, 2.24) is 14.8 Å². The number of aliphatic carboxylic acids is 1. The highest BCUT2D eigenvalue weighted by Crippen LogP contribution is 2.34. The zero-order chi connectivity index (χ0) is 20.5. The van der Waals surface area contributed by atoms with Gasteiger partial charge in [-0.25, -0.2) is 4.79 Å². The Labute approximate surface area is 164 Å². The van der Waals surface area contributed by atoms with E-state index in [0.29, 0.717) is 9.27 Å². The van der Waals surface area contributed by atoms with Crippen molar-refractivity contribution in [3.05, 3.63) is 15.9 Å². The minimum atomic E-state index is -2.25. The molecule has 2 aliphatic rings. The van der Waals surface area contributed by atoms with Gasteiger partial charge in [-0.1, -0.05) is 11.5 Å². The van der Waals surface area contributed by atoms with Gasteiger partial charge in [0.25, 0.3) is 11.5 Å². The van der Waals surface area contributed by atoms with E-state index in [0.717, 1.165) is 23.3 Å². The van der Waals surface area contributed by atoms with Gasteiger partial charge >= 0.3 is 17.7 Å². The number of nitriles is 1. The summed E-state index contributed by atoms with van der Waals surface area (Å²) < 4.78 is 7.53. The van der Waals surface area contributed by atoms with E-state index in [1.807, 2.05) is 0 Å². The zero-order valence-corrected chi connectivity index (χ0v) is 15.6. The molecular weight excluding hydrogens is 416 g/mol. The van der Waals surface area contributed by atoms with Crippen LogP contribution in [0.2, 0.25) is 0 Å². The number of thioether (sulfide) groups is 1. The van der Waals surface area contributed by atoms with Crippen LogP contribution in [0.1, 0.15) is 18.4 Å². The van der Waals surface area contributed by atoms with Gasteiger partial charge in [-0.05, 0) is 0 Å². The number of hydrogen-bond acceptors (Lipinski definition) is 10. The summed E-state index contributed by atoms with van der Waals surface area (Å²) in [6.07, 6.45) is -0.458. The van der Waals surface area contributed by atoms with Gasteiger partial charge in [0.1, 0.15) is 28.5 Å². The summed E-state index contributed by atoms with van der Waals surface area (Å²) in [6.45, 7) is -0.331. The molecule has 0 bridgehead atoms. The first-order valence-corrected chi connectivity index (χ1v) is 9.54. The molecule has 28 heavy (non-hydrogen) atoms. The number of cyclic esters (lactones) is 1. The van der Waals surface area contributed by atoms with Gasteiger partial charge in [0.2, 0.25) is 5.91 Å². The number of carboxylic acid groups (broad SMARTS) is 1. The first-order chi connectivity index (χ1) is 13.3. The molecule has 0 aromatic carbocycles. The zero-order valence-electron chi connectivity index (χ0n) is 13.9. The van der Waals surface area contributed by atoms with Crippen LogP contribution in [-0.2, 0) is 28.8 Å². The maximum atomic E-state index is 12.5. The number of rotatable bonds is 6. The fraction of sp³-hybridized carbons (Fsp3) is 0.429. The number of hydroxylamine groups is 2. The average Bonchev–Trinajstić information content (AvgIpc) is 3.32. The number of carbonyl (C=O) groups excluding carboxylic acids is 3. The molecule has 14 heteroatoms. The fourth-order valence-corrected chi connectivity index (χ4v) is 4.30. The minimum absolute atomic E-state index is 0.0966. The van der Waals surface area contributed by atoms with Crippen molar-refractivity contribution in [2.45, 2.75) is 28.8 Å². The normalized spacial score (nSPS) is 24.1. The van der Waals surface area contributed by atoms with E-state index in [1.54, 1.807) is 6.07 Å². The van der Waals surface area contributed by atoms with E-state index in [4.69, 9.17) is 14.8 Å². The molecule has 2 amide bonds. The van der Waals surface area contributed by atoms with E-state index >= 15 is 0 Å². The van der Waals surface area contributed by atoms with Crippen LogP contribution in [0.15, 0.2) is 9.00 Å². The number of aromatic nitrogens is 1. The molecule has 1 aromatic rings. The van der Waals surface area contributed by atoms with Crippen molar-refractivity contribution in [3.63, 3.8) is 0 Å². The number of carboxylic acids is 1. The number of ether oxygens (including phenoxy) is 1. The third kappa shape index (κ3) is 3.46. The molecule has 148 valence electrons. The second-order valence-corrected chi connectivity index (χ2v) is 7.77. The van der Waals surface area contributed by atoms with Gasteiger partial charge in [0.15, 0.2) is 0 Å². The largest absolute Gasteiger partial charge is 0.477 e. The topological polar surface area (TPSA) is 179 Å². The molecule has 3 rings (SSSR count). The Morgan fingerprint density at radius 1 is 1.46 bits per heavy atom. The van der Waals surface area contributed by atoms with Gasteiger partial charge < -0.3 is 15.2 Å². The number of amides is 2. The van der Waals surface area contributed by atoms with Crippen molar-refractivity contribution in [2.75, 3.05) is 12.4 Å². The molecule has 0 aliphatic carbocycles. The highest BCUT2D eigenvalue weighted by atomic mass is 32.2. The van der Waals surface area contributed by atoms with E-state index in [2.05, 4.69) is 9.69 Å². The van der Waals surface area contributed by atoms with E-state index < -0.39 is 41.1 Å². The van der Waals surface area contributed by atoms with Gasteiger partial charge in [-0.2, -0.15) is 10.3 Å². The average molecular weight is 428 g/mol. The number of aromatic amines is 1. The first kappa shape index (κ1) is 19.9. The minimum Gasteiger partial charge on any atom is -0.477 e. The number of H-pyrrole nitrogens is 1. The lowest BCUT2D eigenvalue weighted by Gasteiger charge is -2.30. The summed E-state index contributed by atoms with van der Waals surface area (Å²) in [4.78, 5) is 63.9. The van der Waals surface area contributed by atoms with Crippen molar-refractivity contribution in [3.8, 4) is 6.07 Å². The number of nitrogens with one attached hydrogen (secondary N) is 2. The van der Waals surface area contributed by atoms with Crippen LogP contribution in [0.3, 0.4) is 0 Å². The van der Waals surface area contributed by atoms with Crippen LogP contribution in [0.5, 0.6) is 0 Å². The van der Waals surface area contributed by atoms with Gasteiger partial charge in [-0.15, -0.1) is 11.8 Å². The Hall–Kier alpha value is -2.89. The summed E-state index contributed by atoms with van der Waals surface area (Å²) in [5, 5.41) is 21.2. The monoisotopic (exact) mass is 428 g/mol. The second-order valence-electron chi connectivity index (χ2n) is 5.71. The lowest BCUT2D eigenvalue weighted by Crippen LogP contribution is -2.56. The Bertz CT molecular complexity index is 950. The van der Waals surface area contributed by atoms with Crippen LogP contribution in [0, 0.1) is 11.3 Å². The van der Waals surface area contributed by atoms with Crippen molar-refractivity contribution < 1.29 is 33.9 Å². The number of esters is 1. The maximum Gasteiger partial charge on any atom is 0.372 e. The van der Waals surface area contributed by atoms with Crippen LogP contribution in [0.4, 0.5) is 0 Å². The molecule has 0 radical (unpaired) electrons. The number of nitrogens with zero attached hydrogens (tertiary/aromatic N) is 2. The van der Waals surface area contributed by atoms with Crippen LogP contribution < -0.4 is 10.9 Å². The maximum absolute atomic E-state index is 12.5. The van der Waals surface area contributed by atoms with Crippen LogP contribution in [-0.4, -0.2) is 62.4 Å². The predicted octanol–water partition coefficient (Wildman–Crippen LogP) is -1.22.